The van der Waals surface area contributed by atoms with Gasteiger partial charge < -0.3 is 9.47 Å². The molecule has 0 aliphatic heterocycles. The highest BCUT2D eigenvalue weighted by Gasteiger charge is 2.19. The Morgan fingerprint density at radius 3 is 1.29 bits per heavy atom. The van der Waals surface area contributed by atoms with Gasteiger partial charge in [0.05, 0.1) is 14.2 Å². The van der Waals surface area contributed by atoms with Gasteiger partial charge in [-0.05, 0) is 0 Å². The summed E-state index contributed by atoms with van der Waals surface area (Å²) >= 11 is 0. The van der Waals surface area contributed by atoms with E-state index in [1.165, 1.54) is 10.6 Å². The lowest BCUT2D eigenvalue weighted by atomic mass is 10.5. The van der Waals surface area contributed by atoms with Gasteiger partial charge in [0.25, 0.3) is 0 Å². The summed E-state index contributed by atoms with van der Waals surface area (Å²) in [6.45, 7) is 0. The molecule has 0 aliphatic carbocycles. The van der Waals surface area contributed by atoms with Gasteiger partial charge in [0.15, 0.2) is 0 Å². The van der Waals surface area contributed by atoms with Crippen molar-refractivity contribution in [1.82, 2.24) is 10.6 Å². The molecule has 0 saturated carbocycles. The minimum atomic E-state index is -1.32. The second kappa shape index (κ2) is 5.51. The van der Waals surface area contributed by atoms with Crippen LogP contribution in [0, 0.1) is 0 Å². The van der Waals surface area contributed by atoms with Crippen LogP contribution in [0.1, 0.15) is 0 Å². The van der Waals surface area contributed by atoms with Gasteiger partial charge in [-0.1, -0.05) is 0 Å². The van der Waals surface area contributed by atoms with Gasteiger partial charge >= 0.3 is 24.0 Å². The molecule has 0 atom stereocenters. The van der Waals surface area contributed by atoms with Crippen LogP contribution < -0.4 is 10.6 Å². The molecule has 0 saturated heterocycles. The van der Waals surface area contributed by atoms with Gasteiger partial charge in [-0.25, -0.2) is 9.59 Å². The molecule has 0 spiro atoms. The molecule has 0 bridgehead atoms. The highest BCUT2D eigenvalue weighted by molar-refractivity contribution is 6.39. The largest absolute Gasteiger partial charge is 0.453 e. The molecular weight excluding hydrogens is 196 g/mol. The number of amides is 4. The lowest BCUT2D eigenvalue weighted by Crippen LogP contribution is -2.44. The van der Waals surface area contributed by atoms with E-state index in [0.717, 1.165) is 14.2 Å². The van der Waals surface area contributed by atoms with E-state index < -0.39 is 24.0 Å². The summed E-state index contributed by atoms with van der Waals surface area (Å²) in [6, 6.07) is 0. The smallest absolute Gasteiger partial charge is 0.413 e. The molecule has 0 aromatic rings. The molecule has 14 heavy (non-hydrogen) atoms. The van der Waals surface area contributed by atoms with Crippen molar-refractivity contribution in [3.63, 3.8) is 0 Å². The average Bonchev–Trinajstić information content (AvgIpc) is 2.17. The van der Waals surface area contributed by atoms with E-state index in [2.05, 4.69) is 9.47 Å². The van der Waals surface area contributed by atoms with Crippen molar-refractivity contribution < 1.29 is 28.7 Å². The van der Waals surface area contributed by atoms with Crippen molar-refractivity contribution in [3.8, 4) is 0 Å². The normalized spacial score (nSPS) is 8.43. The quantitative estimate of drug-likeness (QED) is 0.477. The number of carbonyl (C=O) groups is 4. The first-order valence-corrected chi connectivity index (χ1v) is 3.29. The van der Waals surface area contributed by atoms with Crippen LogP contribution >= 0.6 is 0 Å². The molecule has 0 heterocycles. The van der Waals surface area contributed by atoms with E-state index in [9.17, 15) is 19.2 Å². The zero-order chi connectivity index (χ0) is 11.1. The van der Waals surface area contributed by atoms with Crippen molar-refractivity contribution in [2.75, 3.05) is 14.2 Å². The Labute approximate surface area is 78.5 Å². The van der Waals surface area contributed by atoms with Gasteiger partial charge in [-0.15, -0.1) is 0 Å². The number of ether oxygens (including phenoxy) is 2. The van der Waals surface area contributed by atoms with Crippen molar-refractivity contribution in [2.45, 2.75) is 0 Å². The maximum Gasteiger partial charge on any atom is 0.413 e. The molecule has 8 heteroatoms. The Morgan fingerprint density at radius 2 is 1.07 bits per heavy atom. The average molecular weight is 204 g/mol. The number of nitrogens with one attached hydrogen (secondary N) is 2. The number of rotatable bonds is 0. The summed E-state index contributed by atoms with van der Waals surface area (Å²) < 4.78 is 8.07. The summed E-state index contributed by atoms with van der Waals surface area (Å²) in [5.41, 5.74) is 0. The van der Waals surface area contributed by atoms with E-state index in [1.807, 2.05) is 0 Å². The number of methoxy groups -OCH3 is 2. The van der Waals surface area contributed by atoms with Crippen LogP contribution in [0.3, 0.4) is 0 Å². The van der Waals surface area contributed by atoms with Crippen LogP contribution in [-0.4, -0.2) is 38.2 Å². The van der Waals surface area contributed by atoms with Gasteiger partial charge in [0.1, 0.15) is 0 Å². The highest BCUT2D eigenvalue weighted by Crippen LogP contribution is 1.76. The van der Waals surface area contributed by atoms with Crippen LogP contribution in [0.2, 0.25) is 0 Å². The van der Waals surface area contributed by atoms with Gasteiger partial charge in [-0.2, -0.15) is 0 Å². The van der Waals surface area contributed by atoms with E-state index in [-0.39, 0.29) is 0 Å². The molecule has 0 rings (SSSR count). The second-order valence-corrected chi connectivity index (χ2v) is 1.89. The molecule has 2 N–H and O–H groups in total. The third-order valence-corrected chi connectivity index (χ3v) is 1.01. The number of carbonyl (C=O) groups excluding carboxylic acids is 4. The molecule has 0 fully saturated rings. The first-order chi connectivity index (χ1) is 6.51. The first kappa shape index (κ1) is 11.9. The lowest BCUT2D eigenvalue weighted by molar-refractivity contribution is -0.138. The molecule has 0 aliphatic rings. The molecule has 8 nitrogen and oxygen atoms in total. The van der Waals surface area contributed by atoms with Crippen LogP contribution in [0.15, 0.2) is 0 Å². The molecule has 0 radical (unpaired) electrons. The number of alkyl carbamates (subject to hydrolysis) is 2. The Balaban J connectivity index is 4.07. The van der Waals surface area contributed by atoms with Crippen LogP contribution in [0.25, 0.3) is 0 Å². The number of imide groups is 2. The summed E-state index contributed by atoms with van der Waals surface area (Å²) in [4.78, 5) is 42.3. The van der Waals surface area contributed by atoms with Crippen LogP contribution in [-0.2, 0) is 19.1 Å². The number of hydrogen-bond acceptors (Lipinski definition) is 6. The third-order valence-electron chi connectivity index (χ3n) is 1.01. The van der Waals surface area contributed by atoms with Gasteiger partial charge in [0, 0.05) is 0 Å². The molecule has 0 unspecified atom stereocenters. The van der Waals surface area contributed by atoms with Gasteiger partial charge in [-0.3, -0.25) is 20.2 Å². The van der Waals surface area contributed by atoms with E-state index in [1.54, 1.807) is 0 Å². The minimum absolute atomic E-state index is 1.01. The molecule has 0 aromatic heterocycles. The molecular formula is C6H8N2O6. The maximum absolute atomic E-state index is 10.7. The van der Waals surface area contributed by atoms with E-state index in [4.69, 9.17) is 0 Å². The fourth-order valence-electron chi connectivity index (χ4n) is 0.401. The SMILES string of the molecule is COC(=O)NC(=O)C(=O)NC(=O)OC. The topological polar surface area (TPSA) is 111 Å². The van der Waals surface area contributed by atoms with Crippen molar-refractivity contribution in [2.24, 2.45) is 0 Å². The predicted octanol–water partition coefficient (Wildman–Crippen LogP) is -1.25. The van der Waals surface area contributed by atoms with Crippen molar-refractivity contribution >= 4 is 24.0 Å². The Kier molecular flexibility index (Phi) is 4.68. The minimum Gasteiger partial charge on any atom is -0.453 e. The Bertz CT molecular complexity index is 245. The lowest BCUT2D eigenvalue weighted by Gasteiger charge is -2.02. The first-order valence-electron chi connectivity index (χ1n) is 3.29. The fraction of sp³-hybridized carbons (Fsp3) is 0.333. The summed E-state index contributed by atoms with van der Waals surface area (Å²) in [5, 5.41) is 3.08. The summed E-state index contributed by atoms with van der Waals surface area (Å²) in [5.74, 6) is -2.63. The summed E-state index contributed by atoms with van der Waals surface area (Å²) in [7, 11) is 2.03. The zero-order valence-corrected chi connectivity index (χ0v) is 7.45. The predicted molar refractivity (Wildman–Crippen MR) is 41.1 cm³/mol. The van der Waals surface area contributed by atoms with Crippen molar-refractivity contribution in [3.05, 3.63) is 0 Å². The highest BCUT2D eigenvalue weighted by atomic mass is 16.5. The Hall–Kier alpha value is -2.12. The molecule has 78 valence electrons. The monoisotopic (exact) mass is 204 g/mol. The van der Waals surface area contributed by atoms with Crippen molar-refractivity contribution in [1.29, 1.82) is 0 Å². The standard InChI is InChI=1S/C6H8N2O6/c1-13-5(11)7-3(9)4(10)8-6(12)14-2/h1-2H3,(H,7,9,11)(H,8,10,12). The molecule has 0 aromatic carbocycles. The molecule has 4 amide bonds. The Morgan fingerprint density at radius 1 is 0.786 bits per heavy atom. The van der Waals surface area contributed by atoms with E-state index in [0.29, 0.717) is 0 Å². The number of hydrogen-bond donors (Lipinski definition) is 2. The van der Waals surface area contributed by atoms with Gasteiger partial charge in [0.2, 0.25) is 0 Å². The third kappa shape index (κ3) is 4.04. The zero-order valence-electron chi connectivity index (χ0n) is 7.45. The maximum atomic E-state index is 10.7. The van der Waals surface area contributed by atoms with Crippen LogP contribution in [0.5, 0.6) is 0 Å². The fourth-order valence-corrected chi connectivity index (χ4v) is 0.401. The van der Waals surface area contributed by atoms with E-state index >= 15 is 0 Å². The second-order valence-electron chi connectivity index (χ2n) is 1.89. The van der Waals surface area contributed by atoms with Crippen LogP contribution in [0.4, 0.5) is 9.59 Å². The summed E-state index contributed by atoms with van der Waals surface area (Å²) in [6.07, 6.45) is -2.20.